The van der Waals surface area contributed by atoms with Crippen molar-refractivity contribution in [2.75, 3.05) is 19.1 Å². The SMILES string of the molecule is COC(=O)[C@@](O)(c1ccc(N(C)C(=O)c2ccc(Cl)cc2)cc1)C(F)(F)F. The molecule has 0 heterocycles. The van der Waals surface area contributed by atoms with E-state index in [0.717, 1.165) is 19.2 Å². The van der Waals surface area contributed by atoms with E-state index in [1.807, 2.05) is 0 Å². The number of aliphatic hydroxyl groups is 1. The van der Waals surface area contributed by atoms with Crippen molar-refractivity contribution in [1.82, 2.24) is 0 Å². The fourth-order valence-electron chi connectivity index (χ4n) is 2.37. The molecule has 1 N–H and O–H groups in total. The van der Waals surface area contributed by atoms with Crippen molar-refractivity contribution in [2.24, 2.45) is 0 Å². The second kappa shape index (κ2) is 7.58. The number of hydrogen-bond donors (Lipinski definition) is 1. The van der Waals surface area contributed by atoms with Gasteiger partial charge in [0.1, 0.15) is 0 Å². The Morgan fingerprint density at radius 2 is 1.56 bits per heavy atom. The Balaban J connectivity index is 2.34. The lowest BCUT2D eigenvalue weighted by Crippen LogP contribution is -2.49. The summed E-state index contributed by atoms with van der Waals surface area (Å²) in [4.78, 5) is 25.2. The Morgan fingerprint density at radius 3 is 2.00 bits per heavy atom. The van der Waals surface area contributed by atoms with Gasteiger partial charge < -0.3 is 14.7 Å². The average molecular weight is 402 g/mol. The van der Waals surface area contributed by atoms with Crippen LogP contribution in [0.1, 0.15) is 15.9 Å². The van der Waals surface area contributed by atoms with Crippen LogP contribution in [0, 0.1) is 0 Å². The summed E-state index contributed by atoms with van der Waals surface area (Å²) < 4.78 is 43.8. The number of halogens is 4. The number of rotatable bonds is 4. The summed E-state index contributed by atoms with van der Waals surface area (Å²) in [6.07, 6.45) is -5.29. The topological polar surface area (TPSA) is 66.8 Å². The minimum Gasteiger partial charge on any atom is -0.466 e. The molecule has 27 heavy (non-hydrogen) atoms. The van der Waals surface area contributed by atoms with E-state index in [-0.39, 0.29) is 5.69 Å². The van der Waals surface area contributed by atoms with Gasteiger partial charge in [0.25, 0.3) is 11.5 Å². The summed E-state index contributed by atoms with van der Waals surface area (Å²) in [5.74, 6) is -2.27. The van der Waals surface area contributed by atoms with Crippen LogP contribution >= 0.6 is 11.6 Å². The zero-order valence-electron chi connectivity index (χ0n) is 14.2. The third-order valence-electron chi connectivity index (χ3n) is 3.96. The number of hydrogen-bond acceptors (Lipinski definition) is 4. The Labute approximate surface area is 157 Å². The number of benzene rings is 2. The molecule has 0 aliphatic rings. The first-order chi connectivity index (χ1) is 12.5. The zero-order valence-corrected chi connectivity index (χ0v) is 15.0. The van der Waals surface area contributed by atoms with Gasteiger partial charge in [-0.2, -0.15) is 13.2 Å². The van der Waals surface area contributed by atoms with Crippen molar-refractivity contribution < 1.29 is 32.6 Å². The molecule has 0 radical (unpaired) electrons. The molecule has 0 aliphatic carbocycles. The van der Waals surface area contributed by atoms with Crippen LogP contribution in [0.4, 0.5) is 18.9 Å². The Kier molecular flexibility index (Phi) is 5.82. The predicted octanol–water partition coefficient (Wildman–Crippen LogP) is 3.54. The van der Waals surface area contributed by atoms with Crippen LogP contribution in [-0.4, -0.2) is 37.3 Å². The van der Waals surface area contributed by atoms with Gasteiger partial charge >= 0.3 is 12.1 Å². The van der Waals surface area contributed by atoms with Crippen LogP contribution in [0.3, 0.4) is 0 Å². The molecular formula is C18H15ClF3NO4. The van der Waals surface area contributed by atoms with Crippen molar-refractivity contribution in [3.05, 3.63) is 64.7 Å². The average Bonchev–Trinajstić information content (AvgIpc) is 2.65. The number of ether oxygens (including phenoxy) is 1. The van der Waals surface area contributed by atoms with Crippen LogP contribution in [0.5, 0.6) is 0 Å². The summed E-state index contributed by atoms with van der Waals surface area (Å²) in [7, 11) is 2.17. The molecular weight excluding hydrogens is 387 g/mol. The van der Waals surface area contributed by atoms with E-state index in [4.69, 9.17) is 11.6 Å². The molecule has 2 aromatic rings. The van der Waals surface area contributed by atoms with Gasteiger partial charge in [0.15, 0.2) is 0 Å². The van der Waals surface area contributed by atoms with E-state index in [1.165, 1.54) is 48.3 Å². The lowest BCUT2D eigenvalue weighted by atomic mass is 9.93. The van der Waals surface area contributed by atoms with Crippen molar-refractivity contribution in [3.63, 3.8) is 0 Å². The summed E-state index contributed by atoms with van der Waals surface area (Å²) >= 11 is 5.77. The number of carbonyl (C=O) groups excluding carboxylic acids is 2. The lowest BCUT2D eigenvalue weighted by molar-refractivity contribution is -0.266. The van der Waals surface area contributed by atoms with E-state index in [0.29, 0.717) is 10.6 Å². The third-order valence-corrected chi connectivity index (χ3v) is 4.21. The van der Waals surface area contributed by atoms with Crippen LogP contribution in [0.25, 0.3) is 0 Å². The number of carbonyl (C=O) groups is 2. The third kappa shape index (κ3) is 3.91. The quantitative estimate of drug-likeness (QED) is 0.796. The summed E-state index contributed by atoms with van der Waals surface area (Å²) in [5, 5.41) is 10.4. The summed E-state index contributed by atoms with van der Waals surface area (Å²) in [6.45, 7) is 0. The van der Waals surface area contributed by atoms with Gasteiger partial charge in [-0.25, -0.2) is 4.79 Å². The first-order valence-electron chi connectivity index (χ1n) is 7.54. The summed E-state index contributed by atoms with van der Waals surface area (Å²) in [5.41, 5.74) is -3.95. The van der Waals surface area contributed by atoms with E-state index < -0.39 is 29.2 Å². The lowest BCUT2D eigenvalue weighted by Gasteiger charge is -2.28. The first-order valence-corrected chi connectivity index (χ1v) is 7.92. The van der Waals surface area contributed by atoms with Gasteiger partial charge in [0, 0.05) is 28.9 Å². The highest BCUT2D eigenvalue weighted by Crippen LogP contribution is 2.40. The molecule has 5 nitrogen and oxygen atoms in total. The van der Waals surface area contributed by atoms with E-state index in [2.05, 4.69) is 4.74 Å². The zero-order chi connectivity index (χ0) is 20.4. The van der Waals surface area contributed by atoms with Gasteiger partial charge in [0.05, 0.1) is 7.11 Å². The van der Waals surface area contributed by atoms with E-state index in [1.54, 1.807) is 0 Å². The Hall–Kier alpha value is -2.58. The smallest absolute Gasteiger partial charge is 0.432 e. The van der Waals surface area contributed by atoms with E-state index in [9.17, 15) is 27.9 Å². The van der Waals surface area contributed by atoms with Crippen molar-refractivity contribution in [2.45, 2.75) is 11.8 Å². The number of methoxy groups -OCH3 is 1. The van der Waals surface area contributed by atoms with Crippen LogP contribution < -0.4 is 4.90 Å². The molecule has 1 atom stereocenters. The highest BCUT2D eigenvalue weighted by molar-refractivity contribution is 6.30. The molecule has 1 amide bonds. The molecule has 0 aliphatic heterocycles. The predicted molar refractivity (Wildman–Crippen MR) is 92.6 cm³/mol. The Bertz CT molecular complexity index is 837. The van der Waals surface area contributed by atoms with Crippen molar-refractivity contribution >= 4 is 29.2 Å². The van der Waals surface area contributed by atoms with Gasteiger partial charge in [0.2, 0.25) is 0 Å². The maximum Gasteiger partial charge on any atom is 0.432 e. The number of nitrogens with zero attached hydrogens (tertiary/aromatic N) is 1. The van der Waals surface area contributed by atoms with Crippen LogP contribution in [-0.2, 0) is 15.1 Å². The number of alkyl halides is 3. The maximum absolute atomic E-state index is 13.2. The second-order valence-corrected chi connectivity index (χ2v) is 6.05. The largest absolute Gasteiger partial charge is 0.466 e. The number of esters is 1. The minimum absolute atomic E-state index is 0.257. The maximum atomic E-state index is 13.2. The number of amides is 1. The molecule has 0 fully saturated rings. The minimum atomic E-state index is -5.29. The Morgan fingerprint density at radius 1 is 1.04 bits per heavy atom. The fraction of sp³-hybridized carbons (Fsp3) is 0.222. The molecule has 0 aromatic heterocycles. The molecule has 144 valence electrons. The molecule has 0 saturated carbocycles. The van der Waals surface area contributed by atoms with Gasteiger partial charge in [-0.3, -0.25) is 4.79 Å². The summed E-state index contributed by atoms with van der Waals surface area (Å²) in [6, 6.07) is 10.3. The van der Waals surface area contributed by atoms with Gasteiger partial charge in [-0.05, 0) is 36.4 Å². The second-order valence-electron chi connectivity index (χ2n) is 5.62. The van der Waals surface area contributed by atoms with Crippen LogP contribution in [0.2, 0.25) is 5.02 Å². The fourth-order valence-corrected chi connectivity index (χ4v) is 2.50. The molecule has 0 unspecified atom stereocenters. The molecule has 0 saturated heterocycles. The highest BCUT2D eigenvalue weighted by atomic mass is 35.5. The normalized spacial score (nSPS) is 13.6. The molecule has 0 spiro atoms. The molecule has 2 rings (SSSR count). The van der Waals surface area contributed by atoms with Gasteiger partial charge in [-0.15, -0.1) is 0 Å². The molecule has 2 aromatic carbocycles. The molecule has 0 bridgehead atoms. The monoisotopic (exact) mass is 401 g/mol. The van der Waals surface area contributed by atoms with Crippen molar-refractivity contribution in [1.29, 1.82) is 0 Å². The van der Waals surface area contributed by atoms with Crippen molar-refractivity contribution in [3.8, 4) is 0 Å². The standard InChI is InChI=1S/C18H15ClF3NO4/c1-23(15(24)11-3-7-13(19)8-4-11)14-9-5-12(6-10-14)17(26,16(25)27-2)18(20,21)22/h3-10,26H,1-2H3/t17-/m0/s1. The number of anilines is 1. The first kappa shape index (κ1) is 20.7. The van der Waals surface area contributed by atoms with Crippen LogP contribution in [0.15, 0.2) is 48.5 Å². The van der Waals surface area contributed by atoms with Gasteiger partial charge in [-0.1, -0.05) is 23.7 Å². The molecule has 9 heteroatoms. The van der Waals surface area contributed by atoms with E-state index >= 15 is 0 Å². The highest BCUT2D eigenvalue weighted by Gasteiger charge is 2.62.